The highest BCUT2D eigenvalue weighted by Gasteiger charge is 2.31. The van der Waals surface area contributed by atoms with E-state index in [1.807, 2.05) is 0 Å². The number of rotatable bonds is 1. The summed E-state index contributed by atoms with van der Waals surface area (Å²) < 4.78 is 50.4. The van der Waals surface area contributed by atoms with Gasteiger partial charge in [0.25, 0.3) is 0 Å². The first-order valence-electron chi connectivity index (χ1n) is 4.55. The van der Waals surface area contributed by atoms with Crippen molar-refractivity contribution in [3.8, 4) is 11.3 Å². The van der Waals surface area contributed by atoms with Crippen molar-refractivity contribution in [1.82, 2.24) is 9.97 Å². The number of nitrogens with zero attached hydrogens (tertiary/aromatic N) is 1. The van der Waals surface area contributed by atoms with Crippen LogP contribution in [0.5, 0.6) is 0 Å². The Morgan fingerprint density at radius 1 is 1.18 bits per heavy atom. The van der Waals surface area contributed by atoms with Crippen LogP contribution in [-0.4, -0.2) is 9.97 Å². The maximum atomic E-state index is 13.1. The summed E-state index contributed by atoms with van der Waals surface area (Å²) in [5.41, 5.74) is 4.51. The van der Waals surface area contributed by atoms with Crippen LogP contribution in [0, 0.1) is 5.82 Å². The van der Waals surface area contributed by atoms with Gasteiger partial charge in [-0.3, -0.25) is 0 Å². The van der Waals surface area contributed by atoms with Gasteiger partial charge < -0.3 is 10.7 Å². The highest BCUT2D eigenvalue weighted by molar-refractivity contribution is 5.61. The van der Waals surface area contributed by atoms with Gasteiger partial charge in [-0.15, -0.1) is 0 Å². The number of hydrogen-bond donors (Lipinski definition) is 2. The number of imidazole rings is 1. The third-order valence-electron chi connectivity index (χ3n) is 2.13. The van der Waals surface area contributed by atoms with E-state index in [4.69, 9.17) is 5.73 Å². The second kappa shape index (κ2) is 3.76. The lowest BCUT2D eigenvalue weighted by Gasteiger charge is -2.08. The van der Waals surface area contributed by atoms with E-state index in [0.717, 1.165) is 12.1 Å². The van der Waals surface area contributed by atoms with Crippen molar-refractivity contribution in [1.29, 1.82) is 0 Å². The van der Waals surface area contributed by atoms with E-state index >= 15 is 0 Å². The fourth-order valence-electron chi connectivity index (χ4n) is 1.39. The molecule has 1 aromatic heterocycles. The third kappa shape index (κ3) is 2.38. The van der Waals surface area contributed by atoms with Gasteiger partial charge in [-0.05, 0) is 18.2 Å². The minimum Gasteiger partial charge on any atom is -0.369 e. The Labute approximate surface area is 93.3 Å². The average Bonchev–Trinajstić information content (AvgIpc) is 2.62. The maximum absolute atomic E-state index is 13.1. The smallest absolute Gasteiger partial charge is 0.369 e. The van der Waals surface area contributed by atoms with Crippen LogP contribution in [0.15, 0.2) is 24.4 Å². The van der Waals surface area contributed by atoms with E-state index in [9.17, 15) is 17.6 Å². The van der Waals surface area contributed by atoms with E-state index in [1.54, 1.807) is 0 Å². The van der Waals surface area contributed by atoms with E-state index in [1.165, 1.54) is 6.20 Å². The first-order valence-corrected chi connectivity index (χ1v) is 4.55. The molecule has 0 saturated heterocycles. The van der Waals surface area contributed by atoms with Crippen molar-refractivity contribution < 1.29 is 17.6 Å². The predicted molar refractivity (Wildman–Crippen MR) is 53.4 cm³/mol. The largest absolute Gasteiger partial charge is 0.416 e. The van der Waals surface area contributed by atoms with Gasteiger partial charge in [0.05, 0.1) is 17.5 Å². The Kier molecular flexibility index (Phi) is 2.53. The standard InChI is InChI=1S/C10H7F4N3/c11-7-2-5(8-4-16-9(15)17-8)1-6(3-7)10(12,13)14/h1-4H,(H3,15,16,17). The van der Waals surface area contributed by atoms with Gasteiger partial charge >= 0.3 is 6.18 Å². The molecule has 1 aromatic carbocycles. The number of nitrogens with one attached hydrogen (secondary N) is 1. The lowest BCUT2D eigenvalue weighted by Crippen LogP contribution is -2.05. The van der Waals surface area contributed by atoms with Crippen LogP contribution >= 0.6 is 0 Å². The van der Waals surface area contributed by atoms with Crippen LogP contribution in [-0.2, 0) is 6.18 Å². The molecular weight excluding hydrogens is 238 g/mol. The number of nitrogens with two attached hydrogens (primary N) is 1. The molecule has 0 atom stereocenters. The van der Waals surface area contributed by atoms with Crippen molar-refractivity contribution >= 4 is 5.95 Å². The van der Waals surface area contributed by atoms with Gasteiger partial charge in [0.1, 0.15) is 5.82 Å². The first-order chi connectivity index (χ1) is 7.86. The molecule has 3 nitrogen and oxygen atoms in total. The molecule has 2 rings (SSSR count). The van der Waals surface area contributed by atoms with Gasteiger partial charge in [-0.25, -0.2) is 9.37 Å². The maximum Gasteiger partial charge on any atom is 0.416 e. The quantitative estimate of drug-likeness (QED) is 0.759. The van der Waals surface area contributed by atoms with Crippen molar-refractivity contribution in [2.45, 2.75) is 6.18 Å². The number of halogens is 4. The fourth-order valence-corrected chi connectivity index (χ4v) is 1.39. The number of aromatic nitrogens is 2. The molecule has 3 N–H and O–H groups in total. The normalized spacial score (nSPS) is 11.8. The second-order valence-corrected chi connectivity index (χ2v) is 3.41. The molecule has 0 unspecified atom stereocenters. The fraction of sp³-hybridized carbons (Fsp3) is 0.100. The Bertz CT molecular complexity index is 545. The zero-order chi connectivity index (χ0) is 12.6. The summed E-state index contributed by atoms with van der Waals surface area (Å²) in [5.74, 6) is -0.916. The van der Waals surface area contributed by atoms with Crippen LogP contribution in [0.3, 0.4) is 0 Å². The van der Waals surface area contributed by atoms with Crippen molar-refractivity contribution in [3.63, 3.8) is 0 Å². The van der Waals surface area contributed by atoms with Gasteiger partial charge in [-0.2, -0.15) is 13.2 Å². The molecule has 0 bridgehead atoms. The molecule has 0 saturated carbocycles. The second-order valence-electron chi connectivity index (χ2n) is 3.41. The van der Waals surface area contributed by atoms with E-state index in [2.05, 4.69) is 9.97 Å². The van der Waals surface area contributed by atoms with Crippen LogP contribution in [0.4, 0.5) is 23.5 Å². The minimum atomic E-state index is -4.59. The molecule has 0 aliphatic rings. The van der Waals surface area contributed by atoms with Gasteiger partial charge in [-0.1, -0.05) is 0 Å². The highest BCUT2D eigenvalue weighted by atomic mass is 19.4. The van der Waals surface area contributed by atoms with Gasteiger partial charge in [0, 0.05) is 5.56 Å². The molecule has 90 valence electrons. The molecule has 7 heteroatoms. The van der Waals surface area contributed by atoms with Crippen LogP contribution in [0.2, 0.25) is 0 Å². The molecule has 0 aliphatic heterocycles. The molecule has 17 heavy (non-hydrogen) atoms. The highest BCUT2D eigenvalue weighted by Crippen LogP contribution is 2.32. The Balaban J connectivity index is 2.52. The summed E-state index contributed by atoms with van der Waals surface area (Å²) in [6.45, 7) is 0. The topological polar surface area (TPSA) is 54.7 Å². The summed E-state index contributed by atoms with van der Waals surface area (Å²) >= 11 is 0. The Morgan fingerprint density at radius 3 is 2.41 bits per heavy atom. The molecule has 1 heterocycles. The average molecular weight is 245 g/mol. The molecular formula is C10H7F4N3. The van der Waals surface area contributed by atoms with E-state index in [0.29, 0.717) is 6.07 Å². The number of alkyl halides is 3. The Hall–Kier alpha value is -2.05. The summed E-state index contributed by atoms with van der Waals surface area (Å²) in [7, 11) is 0. The van der Waals surface area contributed by atoms with Crippen molar-refractivity contribution in [2.24, 2.45) is 0 Å². The number of anilines is 1. The van der Waals surface area contributed by atoms with Crippen LogP contribution in [0.25, 0.3) is 11.3 Å². The summed E-state index contributed by atoms with van der Waals surface area (Å²) in [6, 6.07) is 2.24. The number of nitrogen functional groups attached to an aromatic ring is 1. The lowest BCUT2D eigenvalue weighted by molar-refractivity contribution is -0.137. The van der Waals surface area contributed by atoms with Crippen LogP contribution in [0.1, 0.15) is 5.56 Å². The van der Waals surface area contributed by atoms with Gasteiger partial charge in [0.15, 0.2) is 5.95 Å². The molecule has 0 radical (unpaired) electrons. The SMILES string of the molecule is Nc1ncc(-c2cc(F)cc(C(F)(F)F)c2)[nH]1. The summed E-state index contributed by atoms with van der Waals surface area (Å²) in [6.07, 6.45) is -3.35. The summed E-state index contributed by atoms with van der Waals surface area (Å²) in [5, 5.41) is 0. The van der Waals surface area contributed by atoms with Crippen molar-refractivity contribution in [2.75, 3.05) is 5.73 Å². The zero-order valence-electron chi connectivity index (χ0n) is 8.35. The third-order valence-corrected chi connectivity index (χ3v) is 2.13. The Morgan fingerprint density at radius 2 is 1.88 bits per heavy atom. The summed E-state index contributed by atoms with van der Waals surface area (Å²) in [4.78, 5) is 6.16. The molecule has 2 aromatic rings. The van der Waals surface area contributed by atoms with E-state index in [-0.39, 0.29) is 17.2 Å². The zero-order valence-corrected chi connectivity index (χ0v) is 8.35. The van der Waals surface area contributed by atoms with Gasteiger partial charge in [0.2, 0.25) is 0 Å². The van der Waals surface area contributed by atoms with E-state index < -0.39 is 17.6 Å². The number of benzene rings is 1. The first kappa shape index (κ1) is 11.4. The molecule has 0 fully saturated rings. The molecule has 0 aliphatic carbocycles. The minimum absolute atomic E-state index is 0.0431. The number of aromatic amines is 1. The molecule has 0 amide bonds. The predicted octanol–water partition coefficient (Wildman–Crippen LogP) is 2.82. The lowest BCUT2D eigenvalue weighted by atomic mass is 10.1. The van der Waals surface area contributed by atoms with Crippen LogP contribution < -0.4 is 5.73 Å². The number of H-pyrrole nitrogens is 1. The molecule has 0 spiro atoms. The number of hydrogen-bond acceptors (Lipinski definition) is 2. The van der Waals surface area contributed by atoms with Crippen molar-refractivity contribution in [3.05, 3.63) is 35.8 Å². The monoisotopic (exact) mass is 245 g/mol.